The predicted octanol–water partition coefficient (Wildman–Crippen LogP) is 5.87. The van der Waals surface area contributed by atoms with Crippen molar-refractivity contribution in [3.63, 3.8) is 0 Å². The Morgan fingerprint density at radius 1 is 0.520 bits per heavy atom. The van der Waals surface area contributed by atoms with Crippen LogP contribution in [0.1, 0.15) is 106 Å². The third kappa shape index (κ3) is 11.2. The van der Waals surface area contributed by atoms with Crippen LogP contribution < -0.4 is 5.32 Å². The van der Waals surface area contributed by atoms with Gasteiger partial charge in [-0.2, -0.15) is 0 Å². The van der Waals surface area contributed by atoms with Crippen LogP contribution in [0.3, 0.4) is 0 Å². The predicted molar refractivity (Wildman–Crippen MR) is 113 cm³/mol. The van der Waals surface area contributed by atoms with Crippen molar-refractivity contribution in [3.8, 4) is 0 Å². The van der Waals surface area contributed by atoms with Crippen molar-refractivity contribution in [2.45, 2.75) is 118 Å². The molecule has 0 aliphatic rings. The Morgan fingerprint density at radius 3 is 1.00 bits per heavy atom. The molecule has 25 heavy (non-hydrogen) atoms. The summed E-state index contributed by atoms with van der Waals surface area (Å²) in [6.45, 7) is 18.6. The molecule has 0 N–H and O–H groups in total. The normalized spacial score (nSPS) is 14.4. The molecule has 1 radical (unpaired) electrons. The number of hydrogen-bond donors (Lipinski definition) is 0. The maximum Gasteiger partial charge on any atom is 0.0776 e. The molecule has 0 fully saturated rings. The monoisotopic (exact) mass is 354 g/mol. The van der Waals surface area contributed by atoms with Gasteiger partial charge in [0, 0.05) is 0 Å². The average molecular weight is 355 g/mol. The van der Waals surface area contributed by atoms with Crippen LogP contribution >= 0.6 is 0 Å². The van der Waals surface area contributed by atoms with Gasteiger partial charge < -0.3 is 0 Å². The van der Waals surface area contributed by atoms with E-state index in [0.29, 0.717) is 12.3 Å². The summed E-state index contributed by atoms with van der Waals surface area (Å²) >= 11 is 0. The summed E-state index contributed by atoms with van der Waals surface area (Å²) in [4.78, 5) is 5.32. The van der Waals surface area contributed by atoms with Crippen LogP contribution in [-0.2, 0) is 0 Å². The fraction of sp³-hybridized carbons (Fsp3) is 1.00. The summed E-state index contributed by atoms with van der Waals surface area (Å²) in [6, 6.07) is 0. The van der Waals surface area contributed by atoms with Gasteiger partial charge in [-0.25, -0.2) is 5.32 Å². The molecule has 0 saturated carbocycles. The lowest BCUT2D eigenvalue weighted by atomic mass is 10.2. The van der Waals surface area contributed by atoms with Crippen molar-refractivity contribution in [1.82, 2.24) is 15.1 Å². The van der Waals surface area contributed by atoms with Crippen LogP contribution in [0, 0.1) is 0 Å². The minimum Gasteiger partial charge on any atom is -0.287 e. The highest BCUT2D eigenvalue weighted by atomic mass is 15.3. The van der Waals surface area contributed by atoms with Crippen molar-refractivity contribution in [3.05, 3.63) is 0 Å². The Bertz CT molecular complexity index is 228. The van der Waals surface area contributed by atoms with Gasteiger partial charge in [0.25, 0.3) is 0 Å². The highest BCUT2D eigenvalue weighted by molar-refractivity contribution is 4.75. The lowest BCUT2D eigenvalue weighted by Gasteiger charge is -2.37. The number of nitrogens with zero attached hydrogens (tertiary/aromatic N) is 3. The highest BCUT2D eigenvalue weighted by Gasteiger charge is 2.24. The molecule has 0 saturated heterocycles. The molecule has 0 amide bonds. The first-order chi connectivity index (χ1) is 12.2. The maximum absolute atomic E-state index is 5.38. The Hall–Kier alpha value is -0.120. The highest BCUT2D eigenvalue weighted by Crippen LogP contribution is 2.14. The number of unbranched alkanes of at least 4 members (excludes halogenated alkanes) is 4. The fourth-order valence-corrected chi connectivity index (χ4v) is 3.38. The van der Waals surface area contributed by atoms with Gasteiger partial charge in [0.15, 0.2) is 0 Å². The zero-order valence-corrected chi connectivity index (χ0v) is 18.4. The van der Waals surface area contributed by atoms with Crippen molar-refractivity contribution in [1.29, 1.82) is 0 Å². The van der Waals surface area contributed by atoms with Gasteiger partial charge in [-0.3, -0.25) is 9.80 Å². The first-order valence-corrected chi connectivity index (χ1v) is 11.4. The molecule has 0 bridgehead atoms. The van der Waals surface area contributed by atoms with Crippen molar-refractivity contribution >= 4 is 0 Å². The SMILES string of the molecule is CCCCN(CCCC)C(CC)[N]C(CC)N(CCCC)CCCC. The molecule has 2 unspecified atom stereocenters. The van der Waals surface area contributed by atoms with E-state index in [-0.39, 0.29) is 0 Å². The maximum atomic E-state index is 5.38. The molecule has 3 nitrogen and oxygen atoms in total. The lowest BCUT2D eigenvalue weighted by Crippen LogP contribution is -2.51. The molecule has 0 aromatic heterocycles. The zero-order valence-electron chi connectivity index (χ0n) is 18.4. The van der Waals surface area contributed by atoms with E-state index in [9.17, 15) is 0 Å². The topological polar surface area (TPSA) is 20.6 Å². The second-order valence-electron chi connectivity index (χ2n) is 7.41. The molecule has 0 aliphatic heterocycles. The smallest absolute Gasteiger partial charge is 0.0776 e. The van der Waals surface area contributed by atoms with Crippen LogP contribution in [0.4, 0.5) is 0 Å². The van der Waals surface area contributed by atoms with E-state index in [0.717, 1.165) is 12.8 Å². The molecular formula is C22H48N3. The standard InChI is InChI=1S/C22H48N3/c1-7-13-17-24(18-14-8-2)21(11-5)23-22(12-6)25(19-15-9-3)20-16-10-4/h21-22H,7-20H2,1-6H3. The van der Waals surface area contributed by atoms with Gasteiger partial charge in [-0.1, -0.05) is 67.2 Å². The second kappa shape index (κ2) is 17.3. The lowest BCUT2D eigenvalue weighted by molar-refractivity contribution is 0.0752. The van der Waals surface area contributed by atoms with Crippen molar-refractivity contribution in [2.24, 2.45) is 0 Å². The third-order valence-corrected chi connectivity index (χ3v) is 5.11. The quantitative estimate of drug-likeness (QED) is 0.307. The van der Waals surface area contributed by atoms with E-state index in [4.69, 9.17) is 5.32 Å². The largest absolute Gasteiger partial charge is 0.287 e. The Kier molecular flexibility index (Phi) is 17.2. The van der Waals surface area contributed by atoms with Gasteiger partial charge in [0.05, 0.1) is 12.3 Å². The summed E-state index contributed by atoms with van der Waals surface area (Å²) in [5.74, 6) is 0. The summed E-state index contributed by atoms with van der Waals surface area (Å²) < 4.78 is 0. The van der Waals surface area contributed by atoms with E-state index in [1.807, 2.05) is 0 Å². The first kappa shape index (κ1) is 24.9. The Labute approximate surface area is 159 Å². The van der Waals surface area contributed by atoms with Gasteiger partial charge in [-0.15, -0.1) is 0 Å². The molecule has 0 aromatic carbocycles. The van der Waals surface area contributed by atoms with Gasteiger partial charge in [0.2, 0.25) is 0 Å². The van der Waals surface area contributed by atoms with E-state index in [1.54, 1.807) is 0 Å². The van der Waals surface area contributed by atoms with Gasteiger partial charge in [-0.05, 0) is 64.7 Å². The Balaban J connectivity index is 4.91. The molecule has 2 atom stereocenters. The van der Waals surface area contributed by atoms with Crippen LogP contribution in [0.5, 0.6) is 0 Å². The minimum atomic E-state index is 0.397. The number of rotatable bonds is 18. The average Bonchev–Trinajstić information content (AvgIpc) is 2.64. The van der Waals surface area contributed by atoms with Gasteiger partial charge >= 0.3 is 0 Å². The van der Waals surface area contributed by atoms with E-state index >= 15 is 0 Å². The van der Waals surface area contributed by atoms with Crippen LogP contribution in [0.2, 0.25) is 0 Å². The Morgan fingerprint density at radius 2 is 0.800 bits per heavy atom. The van der Waals surface area contributed by atoms with Crippen LogP contribution in [0.15, 0.2) is 0 Å². The zero-order chi connectivity index (χ0) is 18.9. The van der Waals surface area contributed by atoms with Gasteiger partial charge in [0.1, 0.15) is 0 Å². The minimum absolute atomic E-state index is 0.397. The summed E-state index contributed by atoms with van der Waals surface area (Å²) in [7, 11) is 0. The number of hydrogen-bond acceptors (Lipinski definition) is 2. The first-order valence-electron chi connectivity index (χ1n) is 11.4. The molecule has 3 heteroatoms. The summed E-state index contributed by atoms with van der Waals surface area (Å²) in [5, 5.41) is 5.38. The summed E-state index contributed by atoms with van der Waals surface area (Å²) in [5.41, 5.74) is 0. The van der Waals surface area contributed by atoms with E-state index in [2.05, 4.69) is 51.3 Å². The molecule has 0 spiro atoms. The fourth-order valence-electron chi connectivity index (χ4n) is 3.38. The van der Waals surface area contributed by atoms with Crippen molar-refractivity contribution < 1.29 is 0 Å². The molecular weight excluding hydrogens is 306 g/mol. The summed E-state index contributed by atoms with van der Waals surface area (Å²) in [6.07, 6.45) is 13.3. The molecule has 0 rings (SSSR count). The van der Waals surface area contributed by atoms with Crippen LogP contribution in [-0.4, -0.2) is 48.3 Å². The van der Waals surface area contributed by atoms with E-state index in [1.165, 1.54) is 77.5 Å². The van der Waals surface area contributed by atoms with Crippen LogP contribution in [0.25, 0.3) is 0 Å². The third-order valence-electron chi connectivity index (χ3n) is 5.11. The molecule has 0 aliphatic carbocycles. The van der Waals surface area contributed by atoms with Crippen molar-refractivity contribution in [2.75, 3.05) is 26.2 Å². The second-order valence-corrected chi connectivity index (χ2v) is 7.41. The van der Waals surface area contributed by atoms with E-state index < -0.39 is 0 Å². The molecule has 0 heterocycles. The molecule has 0 aromatic rings. The molecule has 151 valence electrons.